The molecule has 0 bridgehead atoms. The van der Waals surface area contributed by atoms with E-state index in [1.54, 1.807) is 12.1 Å². The van der Waals surface area contributed by atoms with E-state index in [9.17, 15) is 10.1 Å². The van der Waals surface area contributed by atoms with Gasteiger partial charge in [-0.25, -0.2) is 0 Å². The second-order valence-corrected chi connectivity index (χ2v) is 5.25. The number of nitriles is 1. The quantitative estimate of drug-likeness (QED) is 0.486. The summed E-state index contributed by atoms with van der Waals surface area (Å²) in [5.74, 6) is 0.682. The molecule has 0 aromatic heterocycles. The molecular formula is C17H16N4O4. The molecule has 0 radical (unpaired) electrons. The van der Waals surface area contributed by atoms with Gasteiger partial charge in [0.05, 0.1) is 22.8 Å². The largest absolute Gasteiger partial charge is 0.491 e. The highest BCUT2D eigenvalue weighted by Crippen LogP contribution is 2.31. The van der Waals surface area contributed by atoms with Gasteiger partial charge >= 0.3 is 0 Å². The van der Waals surface area contributed by atoms with Crippen molar-refractivity contribution in [3.8, 4) is 11.8 Å². The summed E-state index contributed by atoms with van der Waals surface area (Å²) in [6.45, 7) is 3.84. The number of aryl methyl sites for hydroxylation is 2. The summed E-state index contributed by atoms with van der Waals surface area (Å²) in [7, 11) is 0. The van der Waals surface area contributed by atoms with E-state index in [4.69, 9.17) is 15.1 Å². The fourth-order valence-corrected chi connectivity index (χ4v) is 2.29. The Morgan fingerprint density at radius 2 is 1.92 bits per heavy atom. The van der Waals surface area contributed by atoms with Crippen LogP contribution in [0.15, 0.2) is 40.6 Å². The number of aliphatic hydroxyl groups is 1. The molecule has 0 fully saturated rings. The Morgan fingerprint density at radius 1 is 1.24 bits per heavy atom. The number of nitro benzene ring substituents is 1. The van der Waals surface area contributed by atoms with Crippen molar-refractivity contribution in [2.45, 2.75) is 13.8 Å². The first-order valence-electron chi connectivity index (χ1n) is 7.41. The molecule has 0 spiro atoms. The van der Waals surface area contributed by atoms with Crippen molar-refractivity contribution in [3.63, 3.8) is 0 Å². The first-order chi connectivity index (χ1) is 12.0. The predicted octanol–water partition coefficient (Wildman–Crippen LogP) is 3.87. The second-order valence-electron chi connectivity index (χ2n) is 5.25. The van der Waals surface area contributed by atoms with Crippen molar-refractivity contribution in [1.29, 1.82) is 5.26 Å². The van der Waals surface area contributed by atoms with Gasteiger partial charge < -0.3 is 9.84 Å². The van der Waals surface area contributed by atoms with E-state index < -0.39 is 4.92 Å². The highest BCUT2D eigenvalue weighted by atomic mass is 16.6. The maximum atomic E-state index is 10.8. The zero-order chi connectivity index (χ0) is 18.4. The van der Waals surface area contributed by atoms with E-state index >= 15 is 0 Å². The van der Waals surface area contributed by atoms with E-state index in [0.717, 1.165) is 17.2 Å². The van der Waals surface area contributed by atoms with Crippen molar-refractivity contribution >= 4 is 17.1 Å². The molecule has 0 amide bonds. The monoisotopic (exact) mass is 340 g/mol. The highest BCUT2D eigenvalue weighted by Gasteiger charge is 2.11. The van der Waals surface area contributed by atoms with E-state index in [0.29, 0.717) is 11.4 Å². The summed E-state index contributed by atoms with van der Waals surface area (Å²) in [6.07, 6.45) is 0. The summed E-state index contributed by atoms with van der Waals surface area (Å²) in [4.78, 5) is 10.2. The van der Waals surface area contributed by atoms with Crippen LogP contribution in [-0.4, -0.2) is 23.2 Å². The standard InChI is InChI=1S/C17H16N4O4/c1-11-7-14(8-12(2)17(11)25-6-5-22)19-20-16-4-3-15(21(23)24)9-13(16)10-18/h3-4,7-9,22H,5-6H2,1-2H3. The third kappa shape index (κ3) is 4.37. The van der Waals surface area contributed by atoms with Gasteiger partial charge in [0.2, 0.25) is 0 Å². The number of hydrogen-bond acceptors (Lipinski definition) is 7. The van der Waals surface area contributed by atoms with Gasteiger partial charge in [0.1, 0.15) is 24.1 Å². The Hall–Kier alpha value is -3.31. The number of benzene rings is 2. The molecule has 0 heterocycles. The summed E-state index contributed by atoms with van der Waals surface area (Å²) >= 11 is 0. The average molecular weight is 340 g/mol. The van der Waals surface area contributed by atoms with Gasteiger partial charge in [0.25, 0.3) is 5.69 Å². The van der Waals surface area contributed by atoms with Crippen LogP contribution in [0.2, 0.25) is 0 Å². The van der Waals surface area contributed by atoms with Gasteiger partial charge in [-0.1, -0.05) is 0 Å². The molecule has 1 N–H and O–H groups in total. The van der Waals surface area contributed by atoms with Crippen molar-refractivity contribution in [2.24, 2.45) is 10.2 Å². The van der Waals surface area contributed by atoms with Crippen molar-refractivity contribution in [2.75, 3.05) is 13.2 Å². The minimum Gasteiger partial charge on any atom is -0.491 e. The van der Waals surface area contributed by atoms with Crippen LogP contribution in [0.1, 0.15) is 16.7 Å². The molecule has 128 valence electrons. The SMILES string of the molecule is Cc1cc(N=Nc2ccc([N+](=O)[O-])cc2C#N)cc(C)c1OCCO. The molecule has 0 unspecified atom stereocenters. The lowest BCUT2D eigenvalue weighted by molar-refractivity contribution is -0.384. The average Bonchev–Trinajstić information content (AvgIpc) is 2.59. The van der Waals surface area contributed by atoms with Crippen LogP contribution in [-0.2, 0) is 0 Å². The molecule has 2 aromatic rings. The van der Waals surface area contributed by atoms with Crippen LogP contribution < -0.4 is 4.74 Å². The molecule has 0 aliphatic rings. The lowest BCUT2D eigenvalue weighted by Gasteiger charge is -2.11. The maximum Gasteiger partial charge on any atom is 0.270 e. The first kappa shape index (κ1) is 18.0. The number of hydrogen-bond donors (Lipinski definition) is 1. The van der Waals surface area contributed by atoms with Crippen LogP contribution >= 0.6 is 0 Å². The minimum absolute atomic E-state index is 0.0720. The summed E-state index contributed by atoms with van der Waals surface area (Å²) in [5, 5.41) is 36.8. The fourth-order valence-electron chi connectivity index (χ4n) is 2.29. The number of aliphatic hydroxyl groups excluding tert-OH is 1. The summed E-state index contributed by atoms with van der Waals surface area (Å²) in [6, 6.07) is 9.24. The van der Waals surface area contributed by atoms with E-state index in [-0.39, 0.29) is 30.2 Å². The highest BCUT2D eigenvalue weighted by molar-refractivity contribution is 5.58. The normalized spacial score (nSPS) is 10.6. The van der Waals surface area contributed by atoms with Gasteiger partial charge in [0.15, 0.2) is 0 Å². The van der Waals surface area contributed by atoms with Crippen LogP contribution in [0.3, 0.4) is 0 Å². The second kappa shape index (κ2) is 7.99. The number of non-ortho nitro benzene ring substituents is 1. The third-order valence-electron chi connectivity index (χ3n) is 3.37. The lowest BCUT2D eigenvalue weighted by Crippen LogP contribution is -2.04. The zero-order valence-electron chi connectivity index (χ0n) is 13.8. The molecule has 0 atom stereocenters. The Kier molecular flexibility index (Phi) is 5.76. The molecule has 0 aliphatic carbocycles. The van der Waals surface area contributed by atoms with Crippen molar-refractivity contribution in [1.82, 2.24) is 0 Å². The van der Waals surface area contributed by atoms with Crippen molar-refractivity contribution < 1.29 is 14.8 Å². The van der Waals surface area contributed by atoms with E-state index in [1.165, 1.54) is 12.1 Å². The van der Waals surface area contributed by atoms with Gasteiger partial charge in [0, 0.05) is 12.1 Å². The number of nitro groups is 1. The number of nitrogens with zero attached hydrogens (tertiary/aromatic N) is 4. The summed E-state index contributed by atoms with van der Waals surface area (Å²) in [5.41, 5.74) is 2.40. The van der Waals surface area contributed by atoms with Gasteiger partial charge in [-0.2, -0.15) is 10.4 Å². The Balaban J connectivity index is 2.31. The molecule has 2 rings (SSSR count). The fraction of sp³-hybridized carbons (Fsp3) is 0.235. The van der Waals surface area contributed by atoms with E-state index in [1.807, 2.05) is 19.9 Å². The number of rotatable bonds is 6. The molecule has 0 saturated carbocycles. The topological polar surface area (TPSA) is 121 Å². The molecule has 0 saturated heterocycles. The van der Waals surface area contributed by atoms with Gasteiger partial charge in [-0.05, 0) is 43.2 Å². The molecule has 8 heteroatoms. The molecule has 0 aliphatic heterocycles. The first-order valence-corrected chi connectivity index (χ1v) is 7.41. The van der Waals surface area contributed by atoms with Crippen LogP contribution in [0.25, 0.3) is 0 Å². The lowest BCUT2D eigenvalue weighted by atomic mass is 10.1. The van der Waals surface area contributed by atoms with Gasteiger partial charge in [-0.15, -0.1) is 5.11 Å². The molecule has 25 heavy (non-hydrogen) atoms. The maximum absolute atomic E-state index is 10.8. The molecule has 8 nitrogen and oxygen atoms in total. The van der Waals surface area contributed by atoms with E-state index in [2.05, 4.69) is 10.2 Å². The smallest absolute Gasteiger partial charge is 0.270 e. The molecule has 2 aromatic carbocycles. The Morgan fingerprint density at radius 3 is 2.48 bits per heavy atom. The summed E-state index contributed by atoms with van der Waals surface area (Å²) < 4.78 is 5.48. The third-order valence-corrected chi connectivity index (χ3v) is 3.37. The zero-order valence-corrected chi connectivity index (χ0v) is 13.8. The van der Waals surface area contributed by atoms with Crippen LogP contribution in [0, 0.1) is 35.3 Å². The Labute approximate surface area is 144 Å². The minimum atomic E-state index is -0.570. The predicted molar refractivity (Wildman–Crippen MR) is 90.5 cm³/mol. The Bertz CT molecular complexity index is 848. The van der Waals surface area contributed by atoms with Crippen LogP contribution in [0.5, 0.6) is 5.75 Å². The van der Waals surface area contributed by atoms with Crippen LogP contribution in [0.4, 0.5) is 17.1 Å². The molecular weight excluding hydrogens is 324 g/mol. The number of ether oxygens (including phenoxy) is 1. The number of azo groups is 1. The van der Waals surface area contributed by atoms with Crippen molar-refractivity contribution in [3.05, 3.63) is 57.1 Å². The van der Waals surface area contributed by atoms with Gasteiger partial charge in [-0.3, -0.25) is 10.1 Å².